The van der Waals surface area contributed by atoms with Gasteiger partial charge in [0.2, 0.25) is 5.91 Å². The Balaban J connectivity index is 1.61. The molecular weight excluding hydrogens is 318 g/mol. The summed E-state index contributed by atoms with van der Waals surface area (Å²) in [7, 11) is 0. The van der Waals surface area contributed by atoms with Gasteiger partial charge in [-0.15, -0.1) is 0 Å². The molecule has 1 aromatic carbocycles. The molecule has 1 heterocycles. The van der Waals surface area contributed by atoms with Crippen molar-refractivity contribution >= 4 is 23.5 Å². The lowest BCUT2D eigenvalue weighted by Crippen LogP contribution is -2.46. The van der Waals surface area contributed by atoms with Crippen LogP contribution in [0.1, 0.15) is 51.5 Å². The number of carbonyl (C=O) groups is 3. The molecule has 1 saturated heterocycles. The number of rotatable bonds is 6. The number of hydrogen-bond acceptors (Lipinski definition) is 3. The fraction of sp³-hybridized carbons (Fsp3) is 0.526. The highest BCUT2D eigenvalue weighted by atomic mass is 16.2. The molecule has 2 aliphatic rings. The first-order valence-corrected chi connectivity index (χ1v) is 8.89. The number of carbonyl (C=O) groups excluding carboxylic acids is 3. The van der Waals surface area contributed by atoms with Gasteiger partial charge in [0.1, 0.15) is 12.1 Å². The number of benzene rings is 1. The Kier molecular flexibility index (Phi) is 4.54. The molecule has 0 radical (unpaired) electrons. The van der Waals surface area contributed by atoms with Gasteiger partial charge < -0.3 is 10.6 Å². The van der Waals surface area contributed by atoms with Gasteiger partial charge >= 0.3 is 6.03 Å². The Hall–Kier alpha value is -2.37. The highest BCUT2D eigenvalue weighted by Crippen LogP contribution is 2.42. The van der Waals surface area contributed by atoms with Crippen molar-refractivity contribution in [3.8, 4) is 0 Å². The molecule has 0 aromatic heterocycles. The Morgan fingerprint density at radius 2 is 1.96 bits per heavy atom. The number of nitrogens with one attached hydrogen (secondary N) is 2. The second-order valence-electron chi connectivity index (χ2n) is 7.28. The van der Waals surface area contributed by atoms with Crippen LogP contribution in [0, 0.1) is 5.92 Å². The average molecular weight is 343 g/mol. The number of anilines is 1. The van der Waals surface area contributed by atoms with Crippen LogP contribution in [0.25, 0.3) is 0 Å². The Morgan fingerprint density at radius 1 is 1.32 bits per heavy atom. The second kappa shape index (κ2) is 6.50. The fourth-order valence-electron chi connectivity index (χ4n) is 3.27. The van der Waals surface area contributed by atoms with Crippen LogP contribution in [0.5, 0.6) is 0 Å². The quantitative estimate of drug-likeness (QED) is 0.780. The van der Waals surface area contributed by atoms with Crippen LogP contribution >= 0.6 is 0 Å². The lowest BCUT2D eigenvalue weighted by molar-refractivity contribution is -0.134. The summed E-state index contributed by atoms with van der Waals surface area (Å²) in [6.07, 6.45) is 2.92. The monoisotopic (exact) mass is 343 g/mol. The van der Waals surface area contributed by atoms with Crippen molar-refractivity contribution < 1.29 is 14.4 Å². The molecule has 134 valence electrons. The lowest BCUT2D eigenvalue weighted by Gasteiger charge is -2.20. The first-order chi connectivity index (χ1) is 11.8. The third kappa shape index (κ3) is 3.38. The number of imide groups is 1. The minimum Gasteiger partial charge on any atom is -0.325 e. The maximum Gasteiger partial charge on any atom is 0.325 e. The van der Waals surface area contributed by atoms with E-state index in [1.165, 1.54) is 5.56 Å². The summed E-state index contributed by atoms with van der Waals surface area (Å²) in [5.41, 5.74) is 1.03. The fourth-order valence-corrected chi connectivity index (χ4v) is 3.27. The summed E-state index contributed by atoms with van der Waals surface area (Å²) in [6.45, 7) is 5.77. The van der Waals surface area contributed by atoms with Gasteiger partial charge in [-0.2, -0.15) is 0 Å². The number of nitrogens with zero attached hydrogens (tertiary/aromatic N) is 1. The largest absolute Gasteiger partial charge is 0.325 e. The number of amides is 4. The number of urea groups is 1. The molecular formula is C19H25N3O3. The van der Waals surface area contributed by atoms with Gasteiger partial charge in [-0.3, -0.25) is 14.5 Å². The van der Waals surface area contributed by atoms with Crippen molar-refractivity contribution in [3.05, 3.63) is 29.8 Å². The van der Waals surface area contributed by atoms with Gasteiger partial charge in [-0.05, 0) is 55.7 Å². The van der Waals surface area contributed by atoms with Gasteiger partial charge in [-0.25, -0.2) is 4.79 Å². The second-order valence-corrected chi connectivity index (χ2v) is 7.28. The average Bonchev–Trinajstić information content (AvgIpc) is 3.41. The van der Waals surface area contributed by atoms with Crippen molar-refractivity contribution in [2.24, 2.45) is 5.92 Å². The third-order valence-corrected chi connectivity index (χ3v) is 5.37. The minimum absolute atomic E-state index is 0.185. The van der Waals surface area contributed by atoms with Crippen LogP contribution in [0.2, 0.25) is 0 Å². The van der Waals surface area contributed by atoms with Crippen LogP contribution in [0.15, 0.2) is 24.3 Å². The van der Waals surface area contributed by atoms with E-state index in [4.69, 9.17) is 0 Å². The van der Waals surface area contributed by atoms with Crippen molar-refractivity contribution in [2.75, 3.05) is 11.9 Å². The van der Waals surface area contributed by atoms with Crippen LogP contribution in [-0.2, 0) is 9.59 Å². The van der Waals surface area contributed by atoms with Gasteiger partial charge in [0, 0.05) is 5.69 Å². The summed E-state index contributed by atoms with van der Waals surface area (Å²) in [5, 5.41) is 5.50. The standard InChI is InChI=1S/C19H25N3O3/c1-4-12(2)13-5-9-15(10-6-13)20-16(23)11-22-17(24)19(3,14-7-8-14)21-18(22)25/h5-6,9-10,12,14H,4,7-8,11H2,1-3H3,(H,20,23)(H,21,25). The molecule has 1 saturated carbocycles. The maximum absolute atomic E-state index is 12.5. The zero-order chi connectivity index (χ0) is 18.2. The van der Waals surface area contributed by atoms with Gasteiger partial charge in [-0.1, -0.05) is 26.0 Å². The lowest BCUT2D eigenvalue weighted by atomic mass is 9.96. The van der Waals surface area contributed by atoms with Crippen LogP contribution in [-0.4, -0.2) is 34.8 Å². The minimum atomic E-state index is -0.852. The van der Waals surface area contributed by atoms with Crippen LogP contribution in [0.4, 0.5) is 10.5 Å². The van der Waals surface area contributed by atoms with Crippen molar-refractivity contribution in [2.45, 2.75) is 51.5 Å². The molecule has 1 aliphatic heterocycles. The third-order valence-electron chi connectivity index (χ3n) is 5.37. The zero-order valence-electron chi connectivity index (χ0n) is 15.0. The van der Waals surface area contributed by atoms with E-state index in [9.17, 15) is 14.4 Å². The van der Waals surface area contributed by atoms with Crippen molar-refractivity contribution in [1.82, 2.24) is 10.2 Å². The molecule has 25 heavy (non-hydrogen) atoms. The van der Waals surface area contributed by atoms with Gasteiger partial charge in [0.25, 0.3) is 5.91 Å². The highest BCUT2D eigenvalue weighted by Gasteiger charge is 2.56. The summed E-state index contributed by atoms with van der Waals surface area (Å²) in [6, 6.07) is 7.18. The zero-order valence-corrected chi connectivity index (χ0v) is 15.0. The summed E-state index contributed by atoms with van der Waals surface area (Å²) < 4.78 is 0. The predicted octanol–water partition coefficient (Wildman–Crippen LogP) is 2.86. The smallest absolute Gasteiger partial charge is 0.325 e. The number of hydrogen-bond donors (Lipinski definition) is 2. The Bertz CT molecular complexity index is 696. The first kappa shape index (κ1) is 17.5. The molecule has 0 spiro atoms. The van der Waals surface area contributed by atoms with Crippen molar-refractivity contribution in [3.63, 3.8) is 0 Å². The van der Waals surface area contributed by atoms with Gasteiger partial charge in [0.15, 0.2) is 0 Å². The first-order valence-electron chi connectivity index (χ1n) is 8.89. The van der Waals surface area contributed by atoms with E-state index in [0.717, 1.165) is 24.2 Å². The molecule has 0 bridgehead atoms. The van der Waals surface area contributed by atoms with E-state index in [1.54, 1.807) is 6.92 Å². The molecule has 2 fully saturated rings. The van der Waals surface area contributed by atoms with Crippen molar-refractivity contribution in [1.29, 1.82) is 0 Å². The molecule has 4 amide bonds. The summed E-state index contributed by atoms with van der Waals surface area (Å²) in [5.74, 6) is -0.0250. The van der Waals surface area contributed by atoms with Gasteiger partial charge in [0.05, 0.1) is 0 Å². The maximum atomic E-state index is 12.5. The molecule has 3 rings (SSSR count). The molecule has 1 aromatic rings. The Labute approximate surface area is 148 Å². The molecule has 1 aliphatic carbocycles. The topological polar surface area (TPSA) is 78.5 Å². The van der Waals surface area contributed by atoms with E-state index in [2.05, 4.69) is 24.5 Å². The normalized spacial score (nSPS) is 24.2. The van der Waals surface area contributed by atoms with Crippen LogP contribution < -0.4 is 10.6 Å². The van der Waals surface area contributed by atoms with E-state index in [-0.39, 0.29) is 24.3 Å². The van der Waals surface area contributed by atoms with E-state index >= 15 is 0 Å². The highest BCUT2D eigenvalue weighted by molar-refractivity contribution is 6.10. The molecule has 2 atom stereocenters. The van der Waals surface area contributed by atoms with E-state index < -0.39 is 11.6 Å². The predicted molar refractivity (Wildman–Crippen MR) is 95.2 cm³/mol. The van der Waals surface area contributed by atoms with Crippen LogP contribution in [0.3, 0.4) is 0 Å². The SMILES string of the molecule is CCC(C)c1ccc(NC(=O)CN2C(=O)NC(C)(C3CC3)C2=O)cc1. The molecule has 6 heteroatoms. The van der Waals surface area contributed by atoms with E-state index in [0.29, 0.717) is 11.6 Å². The molecule has 2 N–H and O–H groups in total. The molecule has 2 unspecified atom stereocenters. The van der Waals surface area contributed by atoms with E-state index in [1.807, 2.05) is 24.3 Å². The molecule has 6 nitrogen and oxygen atoms in total. The summed E-state index contributed by atoms with van der Waals surface area (Å²) >= 11 is 0. The Morgan fingerprint density at radius 3 is 2.52 bits per heavy atom. The summed E-state index contributed by atoms with van der Waals surface area (Å²) in [4.78, 5) is 37.9.